The van der Waals surface area contributed by atoms with Gasteiger partial charge in [0.2, 0.25) is 0 Å². The predicted molar refractivity (Wildman–Crippen MR) is 113 cm³/mol. The van der Waals surface area contributed by atoms with Gasteiger partial charge in [0, 0.05) is 6.04 Å². The molecule has 1 heterocycles. The van der Waals surface area contributed by atoms with Gasteiger partial charge in [-0.25, -0.2) is 0 Å². The van der Waals surface area contributed by atoms with Gasteiger partial charge in [0.1, 0.15) is 0 Å². The summed E-state index contributed by atoms with van der Waals surface area (Å²) in [6.45, 7) is 5.08. The summed E-state index contributed by atoms with van der Waals surface area (Å²) in [6.07, 6.45) is 2.39. The Morgan fingerprint density at radius 2 is 1.81 bits per heavy atom. The van der Waals surface area contributed by atoms with E-state index in [0.717, 1.165) is 23.5 Å². The minimum absolute atomic E-state index is 0.0666. The first-order valence-electron chi connectivity index (χ1n) is 8.90. The van der Waals surface area contributed by atoms with Crippen LogP contribution in [0.5, 0.6) is 0 Å². The summed E-state index contributed by atoms with van der Waals surface area (Å²) in [4.78, 5) is 0.886. The zero-order chi connectivity index (χ0) is 19.9. The van der Waals surface area contributed by atoms with Crippen molar-refractivity contribution < 1.29 is 13.0 Å². The molecule has 1 fully saturated rings. The molecule has 146 valence electrons. The zero-order valence-corrected chi connectivity index (χ0v) is 17.2. The highest BCUT2D eigenvalue weighted by atomic mass is 32.2. The summed E-state index contributed by atoms with van der Waals surface area (Å²) in [5.74, 6) is 0. The number of thiocarbonyl (C=S) groups is 1. The molecule has 7 heteroatoms. The van der Waals surface area contributed by atoms with Gasteiger partial charge in [-0.15, -0.1) is 0 Å². The SMILES string of the molecule is C[C@@H](NC(=S)[C@@H]1CCCN1)c1ccccc1.Cc1ccc(S(=O)(=O)O)cc1. The van der Waals surface area contributed by atoms with Crippen LogP contribution in [0.1, 0.15) is 36.9 Å². The van der Waals surface area contributed by atoms with E-state index in [1.165, 1.54) is 24.1 Å². The Hall–Kier alpha value is -1.80. The molecule has 0 amide bonds. The third kappa shape index (κ3) is 7.03. The molecule has 1 saturated heterocycles. The van der Waals surface area contributed by atoms with Crippen molar-refractivity contribution in [2.45, 2.75) is 43.7 Å². The maximum atomic E-state index is 10.5. The van der Waals surface area contributed by atoms with Gasteiger partial charge in [0.15, 0.2) is 0 Å². The number of rotatable bonds is 4. The summed E-state index contributed by atoms with van der Waals surface area (Å²) in [7, 11) is -4.02. The van der Waals surface area contributed by atoms with Crippen molar-refractivity contribution in [2.24, 2.45) is 0 Å². The molecule has 0 saturated carbocycles. The largest absolute Gasteiger partial charge is 0.372 e. The van der Waals surface area contributed by atoms with Crippen molar-refractivity contribution in [3.8, 4) is 0 Å². The Bertz CT molecular complexity index is 831. The van der Waals surface area contributed by atoms with E-state index in [4.69, 9.17) is 16.8 Å². The minimum atomic E-state index is -4.02. The third-order valence-corrected chi connectivity index (χ3v) is 5.62. The van der Waals surface area contributed by atoms with E-state index < -0.39 is 10.1 Å². The molecule has 2 aromatic carbocycles. The van der Waals surface area contributed by atoms with E-state index in [1.807, 2.05) is 13.0 Å². The first kappa shape index (κ1) is 21.5. The van der Waals surface area contributed by atoms with Gasteiger partial charge in [-0.2, -0.15) is 8.42 Å². The molecule has 0 bridgehead atoms. The van der Waals surface area contributed by atoms with Crippen LogP contribution in [0.3, 0.4) is 0 Å². The standard InChI is InChI=1S/C13H18N2S.C7H8O3S/c1-10(11-6-3-2-4-7-11)15-13(16)12-8-5-9-14-12;1-6-2-4-7(5-3-6)11(8,9)10/h2-4,6-7,10,12,14H,5,8-9H2,1H3,(H,15,16);2-5H,1H3,(H,8,9,10)/t10-,12+;/m1./s1. The average molecular weight is 407 g/mol. The van der Waals surface area contributed by atoms with Crippen molar-refractivity contribution in [1.82, 2.24) is 10.6 Å². The highest BCUT2D eigenvalue weighted by molar-refractivity contribution is 7.85. The smallest absolute Gasteiger partial charge is 0.294 e. The topological polar surface area (TPSA) is 78.4 Å². The predicted octanol–water partition coefficient (Wildman–Crippen LogP) is 3.66. The van der Waals surface area contributed by atoms with Gasteiger partial charge in [-0.05, 0) is 50.9 Å². The second kappa shape index (κ2) is 9.94. The number of aryl methyl sites for hydroxylation is 1. The molecular weight excluding hydrogens is 380 g/mol. The maximum absolute atomic E-state index is 10.5. The zero-order valence-electron chi connectivity index (χ0n) is 15.6. The van der Waals surface area contributed by atoms with Gasteiger partial charge < -0.3 is 10.6 Å². The highest BCUT2D eigenvalue weighted by Gasteiger charge is 2.19. The van der Waals surface area contributed by atoms with Gasteiger partial charge in [0.25, 0.3) is 10.1 Å². The Balaban J connectivity index is 0.000000208. The molecule has 5 nitrogen and oxygen atoms in total. The van der Waals surface area contributed by atoms with Crippen molar-refractivity contribution >= 4 is 27.3 Å². The van der Waals surface area contributed by atoms with Crippen LogP contribution in [0.25, 0.3) is 0 Å². The molecule has 0 aromatic heterocycles. The van der Waals surface area contributed by atoms with Crippen molar-refractivity contribution in [3.05, 3.63) is 65.7 Å². The van der Waals surface area contributed by atoms with Crippen molar-refractivity contribution in [3.63, 3.8) is 0 Å². The van der Waals surface area contributed by atoms with Crippen LogP contribution >= 0.6 is 12.2 Å². The molecule has 1 aliphatic heterocycles. The van der Waals surface area contributed by atoms with Crippen LogP contribution in [0, 0.1) is 6.92 Å². The molecule has 2 atom stereocenters. The van der Waals surface area contributed by atoms with E-state index in [2.05, 4.69) is 41.8 Å². The fourth-order valence-corrected chi connectivity index (χ4v) is 3.62. The summed E-state index contributed by atoms with van der Waals surface area (Å²) in [5.41, 5.74) is 2.24. The highest BCUT2D eigenvalue weighted by Crippen LogP contribution is 2.13. The number of hydrogen-bond donors (Lipinski definition) is 3. The molecule has 2 aromatic rings. The fourth-order valence-electron chi connectivity index (χ4n) is 2.76. The van der Waals surface area contributed by atoms with Crippen LogP contribution in [0.2, 0.25) is 0 Å². The Morgan fingerprint density at radius 1 is 1.19 bits per heavy atom. The van der Waals surface area contributed by atoms with Crippen LogP contribution in [0.4, 0.5) is 0 Å². The lowest BCUT2D eigenvalue weighted by molar-refractivity contribution is 0.483. The third-order valence-electron chi connectivity index (χ3n) is 4.35. The maximum Gasteiger partial charge on any atom is 0.294 e. The van der Waals surface area contributed by atoms with Crippen LogP contribution in [0.15, 0.2) is 59.5 Å². The quantitative estimate of drug-likeness (QED) is 0.531. The molecule has 27 heavy (non-hydrogen) atoms. The van der Waals surface area contributed by atoms with E-state index in [0.29, 0.717) is 6.04 Å². The fraction of sp³-hybridized carbons (Fsp3) is 0.350. The molecule has 0 unspecified atom stereocenters. The van der Waals surface area contributed by atoms with Crippen molar-refractivity contribution in [1.29, 1.82) is 0 Å². The van der Waals surface area contributed by atoms with Crippen LogP contribution in [-0.2, 0) is 10.1 Å². The minimum Gasteiger partial charge on any atom is -0.372 e. The van der Waals surface area contributed by atoms with E-state index >= 15 is 0 Å². The van der Waals surface area contributed by atoms with Crippen LogP contribution < -0.4 is 10.6 Å². The molecule has 3 rings (SSSR count). The molecule has 1 aliphatic rings. The number of benzene rings is 2. The van der Waals surface area contributed by atoms with Gasteiger partial charge in [-0.1, -0.05) is 60.2 Å². The first-order valence-corrected chi connectivity index (χ1v) is 10.7. The normalized spacial score (nSPS) is 17.5. The van der Waals surface area contributed by atoms with Gasteiger partial charge in [0.05, 0.1) is 15.9 Å². The summed E-state index contributed by atoms with van der Waals surface area (Å²) < 4.78 is 29.6. The molecule has 3 N–H and O–H groups in total. The first-order chi connectivity index (χ1) is 12.8. The van der Waals surface area contributed by atoms with Crippen molar-refractivity contribution in [2.75, 3.05) is 6.54 Å². The number of hydrogen-bond acceptors (Lipinski definition) is 4. The summed E-state index contributed by atoms with van der Waals surface area (Å²) >= 11 is 5.42. The molecule has 0 spiro atoms. The second-order valence-electron chi connectivity index (χ2n) is 6.58. The lowest BCUT2D eigenvalue weighted by atomic mass is 10.1. The molecular formula is C20H26N2O3S2. The van der Waals surface area contributed by atoms with Gasteiger partial charge >= 0.3 is 0 Å². The monoisotopic (exact) mass is 406 g/mol. The van der Waals surface area contributed by atoms with E-state index in [-0.39, 0.29) is 10.9 Å². The van der Waals surface area contributed by atoms with E-state index in [9.17, 15) is 8.42 Å². The van der Waals surface area contributed by atoms with Gasteiger partial charge in [-0.3, -0.25) is 4.55 Å². The summed E-state index contributed by atoms with van der Waals surface area (Å²) in [6, 6.07) is 17.1. The summed E-state index contributed by atoms with van der Waals surface area (Å²) in [5, 5.41) is 6.82. The Labute approximate surface area is 166 Å². The lowest BCUT2D eigenvalue weighted by Crippen LogP contribution is -2.40. The Kier molecular flexibility index (Phi) is 7.91. The second-order valence-corrected chi connectivity index (χ2v) is 8.44. The van der Waals surface area contributed by atoms with E-state index in [1.54, 1.807) is 12.1 Å². The number of nitrogens with one attached hydrogen (secondary N) is 2. The molecule has 0 radical (unpaired) electrons. The lowest BCUT2D eigenvalue weighted by Gasteiger charge is -2.20. The molecule has 0 aliphatic carbocycles. The Morgan fingerprint density at radius 3 is 2.33 bits per heavy atom. The van der Waals surface area contributed by atoms with Crippen LogP contribution in [-0.4, -0.2) is 30.5 Å². The average Bonchev–Trinajstić information content (AvgIpc) is 3.17.